The molecule has 0 spiro atoms. The number of thiazole rings is 1. The summed E-state index contributed by atoms with van der Waals surface area (Å²) in [4.78, 5) is 6.83. The molecule has 2 nitrogen and oxygen atoms in total. The van der Waals surface area contributed by atoms with Crippen LogP contribution in [0.5, 0.6) is 0 Å². The van der Waals surface area contributed by atoms with Crippen LogP contribution in [0.2, 0.25) is 0 Å². The van der Waals surface area contributed by atoms with Gasteiger partial charge in [-0.15, -0.1) is 22.7 Å². The molecule has 0 saturated heterocycles. The zero-order valence-electron chi connectivity index (χ0n) is 8.15. The Morgan fingerprint density at radius 2 is 2.29 bits per heavy atom. The summed E-state index contributed by atoms with van der Waals surface area (Å²) in [6, 6.07) is 2.25. The molecule has 0 radical (unpaired) electrons. The first-order valence-electron chi connectivity index (χ1n) is 4.43. The van der Waals surface area contributed by atoms with E-state index in [1.807, 2.05) is 13.1 Å². The zero-order chi connectivity index (χ0) is 10.1. The fourth-order valence-corrected chi connectivity index (χ4v) is 2.80. The van der Waals surface area contributed by atoms with Crippen LogP contribution in [0.25, 0.3) is 10.6 Å². The number of aryl methyl sites for hydroxylation is 1. The first-order chi connectivity index (χ1) is 6.66. The number of nitrogens with zero attached hydrogens (tertiary/aromatic N) is 1. The van der Waals surface area contributed by atoms with Crippen molar-refractivity contribution in [1.29, 1.82) is 0 Å². The number of hydrogen-bond donors (Lipinski definition) is 1. The molecular weight excluding hydrogens is 212 g/mol. The highest BCUT2D eigenvalue weighted by Gasteiger charge is 2.08. The van der Waals surface area contributed by atoms with Crippen LogP contribution in [-0.2, 0) is 0 Å². The number of aromatic nitrogens is 1. The average Bonchev–Trinajstić information content (AvgIpc) is 2.70. The average molecular weight is 224 g/mol. The zero-order valence-corrected chi connectivity index (χ0v) is 9.78. The van der Waals surface area contributed by atoms with Gasteiger partial charge in [-0.1, -0.05) is 0 Å². The lowest BCUT2D eigenvalue weighted by atomic mass is 10.3. The SMILES string of the molecule is Cc1cc(-c2ncc(C(C)N)s2)cs1. The molecule has 0 aliphatic carbocycles. The van der Waals surface area contributed by atoms with E-state index in [0.29, 0.717) is 0 Å². The Morgan fingerprint density at radius 3 is 2.79 bits per heavy atom. The minimum Gasteiger partial charge on any atom is -0.323 e. The maximum absolute atomic E-state index is 5.78. The second-order valence-corrected chi connectivity index (χ2v) is 5.48. The van der Waals surface area contributed by atoms with E-state index in [1.54, 1.807) is 22.7 Å². The third-order valence-electron chi connectivity index (χ3n) is 1.95. The van der Waals surface area contributed by atoms with Crippen molar-refractivity contribution in [2.24, 2.45) is 5.73 Å². The molecule has 14 heavy (non-hydrogen) atoms. The summed E-state index contributed by atoms with van der Waals surface area (Å²) in [6.45, 7) is 4.09. The maximum Gasteiger partial charge on any atom is 0.124 e. The minimum absolute atomic E-state index is 0.0842. The van der Waals surface area contributed by atoms with E-state index in [2.05, 4.69) is 23.4 Å². The molecule has 4 heteroatoms. The summed E-state index contributed by atoms with van der Waals surface area (Å²) in [7, 11) is 0. The van der Waals surface area contributed by atoms with Crippen LogP contribution < -0.4 is 5.73 Å². The first-order valence-corrected chi connectivity index (χ1v) is 6.13. The minimum atomic E-state index is 0.0842. The van der Waals surface area contributed by atoms with Crippen LogP contribution >= 0.6 is 22.7 Å². The standard InChI is InChI=1S/C10H12N2S2/c1-6-3-8(5-13-6)10-12-4-9(14-10)7(2)11/h3-5,7H,11H2,1-2H3. The van der Waals surface area contributed by atoms with Crippen LogP contribution in [0.1, 0.15) is 22.7 Å². The van der Waals surface area contributed by atoms with Crippen molar-refractivity contribution in [2.75, 3.05) is 0 Å². The van der Waals surface area contributed by atoms with Crippen molar-refractivity contribution >= 4 is 22.7 Å². The van der Waals surface area contributed by atoms with Gasteiger partial charge in [0, 0.05) is 32.9 Å². The van der Waals surface area contributed by atoms with Gasteiger partial charge in [0.25, 0.3) is 0 Å². The smallest absolute Gasteiger partial charge is 0.124 e. The van der Waals surface area contributed by atoms with Gasteiger partial charge in [-0.2, -0.15) is 0 Å². The molecule has 2 aromatic rings. The fraction of sp³-hybridized carbons (Fsp3) is 0.300. The normalized spacial score (nSPS) is 13.1. The molecule has 0 fully saturated rings. The third-order valence-corrected chi connectivity index (χ3v) is 4.06. The lowest BCUT2D eigenvalue weighted by molar-refractivity contribution is 0.835. The van der Waals surface area contributed by atoms with Crippen LogP contribution in [0.4, 0.5) is 0 Å². The van der Waals surface area contributed by atoms with E-state index in [9.17, 15) is 0 Å². The van der Waals surface area contributed by atoms with Crippen LogP contribution in [0.15, 0.2) is 17.6 Å². The Labute approximate surface area is 91.4 Å². The molecule has 2 rings (SSSR count). The summed E-state index contributed by atoms with van der Waals surface area (Å²) in [5, 5.41) is 3.21. The molecular formula is C10H12N2S2. The van der Waals surface area contributed by atoms with Crippen molar-refractivity contribution < 1.29 is 0 Å². The topological polar surface area (TPSA) is 38.9 Å². The molecule has 0 aliphatic heterocycles. The molecule has 0 aromatic carbocycles. The Bertz CT molecular complexity index is 429. The molecule has 1 atom stereocenters. The first kappa shape index (κ1) is 9.83. The predicted octanol–water partition coefficient (Wildman–Crippen LogP) is 3.20. The second-order valence-electron chi connectivity index (χ2n) is 3.30. The number of nitrogens with two attached hydrogens (primary N) is 1. The van der Waals surface area contributed by atoms with E-state index in [4.69, 9.17) is 5.73 Å². The molecule has 2 heterocycles. The second kappa shape index (κ2) is 3.81. The van der Waals surface area contributed by atoms with Gasteiger partial charge in [-0.05, 0) is 19.9 Å². The van der Waals surface area contributed by atoms with Gasteiger partial charge in [-0.25, -0.2) is 4.98 Å². The lowest BCUT2D eigenvalue weighted by Crippen LogP contribution is -2.01. The van der Waals surface area contributed by atoms with E-state index in [0.717, 1.165) is 9.88 Å². The van der Waals surface area contributed by atoms with Gasteiger partial charge in [0.05, 0.1) is 0 Å². The highest BCUT2D eigenvalue weighted by atomic mass is 32.1. The van der Waals surface area contributed by atoms with E-state index >= 15 is 0 Å². The van der Waals surface area contributed by atoms with Crippen molar-refractivity contribution in [3.8, 4) is 10.6 Å². The Hall–Kier alpha value is -0.710. The van der Waals surface area contributed by atoms with Crippen LogP contribution in [-0.4, -0.2) is 4.98 Å². The molecule has 74 valence electrons. The Balaban J connectivity index is 2.33. The largest absolute Gasteiger partial charge is 0.323 e. The van der Waals surface area contributed by atoms with Gasteiger partial charge in [0.2, 0.25) is 0 Å². The summed E-state index contributed by atoms with van der Waals surface area (Å²) in [5.74, 6) is 0. The van der Waals surface area contributed by atoms with Crippen molar-refractivity contribution in [3.05, 3.63) is 27.4 Å². The van der Waals surface area contributed by atoms with Gasteiger partial charge in [0.1, 0.15) is 5.01 Å². The highest BCUT2D eigenvalue weighted by Crippen LogP contribution is 2.30. The summed E-state index contributed by atoms with van der Waals surface area (Å²) in [6.07, 6.45) is 1.87. The fourth-order valence-electron chi connectivity index (χ4n) is 1.19. The summed E-state index contributed by atoms with van der Waals surface area (Å²) < 4.78 is 0. The van der Waals surface area contributed by atoms with Gasteiger partial charge in [-0.3, -0.25) is 0 Å². The van der Waals surface area contributed by atoms with Gasteiger partial charge >= 0.3 is 0 Å². The molecule has 2 N–H and O–H groups in total. The van der Waals surface area contributed by atoms with Crippen LogP contribution in [0.3, 0.4) is 0 Å². The number of thiophene rings is 1. The predicted molar refractivity (Wildman–Crippen MR) is 62.8 cm³/mol. The quantitative estimate of drug-likeness (QED) is 0.850. The highest BCUT2D eigenvalue weighted by molar-refractivity contribution is 7.15. The van der Waals surface area contributed by atoms with Crippen molar-refractivity contribution in [3.63, 3.8) is 0 Å². The molecule has 1 unspecified atom stereocenters. The lowest BCUT2D eigenvalue weighted by Gasteiger charge is -1.96. The summed E-state index contributed by atoms with van der Waals surface area (Å²) >= 11 is 3.43. The van der Waals surface area contributed by atoms with Gasteiger partial charge in [0.15, 0.2) is 0 Å². The monoisotopic (exact) mass is 224 g/mol. The van der Waals surface area contributed by atoms with E-state index in [1.165, 1.54) is 10.4 Å². The van der Waals surface area contributed by atoms with E-state index < -0.39 is 0 Å². The van der Waals surface area contributed by atoms with Crippen molar-refractivity contribution in [2.45, 2.75) is 19.9 Å². The van der Waals surface area contributed by atoms with Crippen LogP contribution in [0, 0.1) is 6.92 Å². The molecule has 0 saturated carbocycles. The molecule has 0 aliphatic rings. The molecule has 2 aromatic heterocycles. The van der Waals surface area contributed by atoms with Crippen molar-refractivity contribution in [1.82, 2.24) is 4.98 Å². The Kier molecular flexibility index (Phi) is 2.67. The molecule has 0 amide bonds. The number of hydrogen-bond acceptors (Lipinski definition) is 4. The van der Waals surface area contributed by atoms with Gasteiger partial charge < -0.3 is 5.73 Å². The number of rotatable bonds is 2. The molecule has 0 bridgehead atoms. The summed E-state index contributed by atoms with van der Waals surface area (Å²) in [5.41, 5.74) is 7.00. The van der Waals surface area contributed by atoms with E-state index in [-0.39, 0.29) is 6.04 Å². The maximum atomic E-state index is 5.78. The third kappa shape index (κ3) is 1.87. The Morgan fingerprint density at radius 1 is 1.50 bits per heavy atom.